The minimum atomic E-state index is -0.200. The molecular formula is C24H26O. The second-order valence-corrected chi connectivity index (χ2v) is 5.88. The summed E-state index contributed by atoms with van der Waals surface area (Å²) in [5.74, 6) is 0.0600. The lowest BCUT2D eigenvalue weighted by molar-refractivity contribution is 0.0267. The molecule has 0 spiro atoms. The molecule has 0 aliphatic carbocycles. The van der Waals surface area contributed by atoms with Crippen molar-refractivity contribution in [3.63, 3.8) is 0 Å². The van der Waals surface area contributed by atoms with Gasteiger partial charge in [0.05, 0.1) is 12.2 Å². The van der Waals surface area contributed by atoms with Crippen molar-refractivity contribution in [2.75, 3.05) is 0 Å². The van der Waals surface area contributed by atoms with E-state index in [4.69, 9.17) is 4.74 Å². The standard InChI is InChI=1S/C24H26O/c1-5-21(19-15-11-9-12-16-19)23(7-3)25-24(8-4)22(6-2)20-17-13-10-14-18-20/h5-18,21-24H,1-4H2. The van der Waals surface area contributed by atoms with Gasteiger partial charge in [0.1, 0.15) is 0 Å². The van der Waals surface area contributed by atoms with Crippen LogP contribution in [0.2, 0.25) is 0 Å². The highest BCUT2D eigenvalue weighted by molar-refractivity contribution is 5.28. The molecule has 2 rings (SSSR count). The number of ether oxygens (including phenoxy) is 1. The van der Waals surface area contributed by atoms with E-state index in [2.05, 4.69) is 50.6 Å². The second-order valence-electron chi connectivity index (χ2n) is 5.88. The molecule has 0 amide bonds. The van der Waals surface area contributed by atoms with Crippen molar-refractivity contribution in [1.82, 2.24) is 0 Å². The lowest BCUT2D eigenvalue weighted by Gasteiger charge is -2.30. The quantitative estimate of drug-likeness (QED) is 0.482. The molecule has 0 saturated heterocycles. The van der Waals surface area contributed by atoms with Crippen LogP contribution in [0.4, 0.5) is 0 Å². The topological polar surface area (TPSA) is 9.23 Å². The molecule has 0 aromatic heterocycles. The third kappa shape index (κ3) is 4.68. The van der Waals surface area contributed by atoms with Gasteiger partial charge in [-0.1, -0.05) is 85.0 Å². The first-order chi connectivity index (χ1) is 12.2. The van der Waals surface area contributed by atoms with Crippen LogP contribution in [-0.4, -0.2) is 12.2 Å². The lowest BCUT2D eigenvalue weighted by atomic mass is 9.91. The fourth-order valence-corrected chi connectivity index (χ4v) is 3.03. The molecule has 2 aromatic rings. The van der Waals surface area contributed by atoms with Gasteiger partial charge in [0.25, 0.3) is 0 Å². The Balaban J connectivity index is 2.25. The zero-order chi connectivity index (χ0) is 18.1. The average Bonchev–Trinajstić information content (AvgIpc) is 2.68. The van der Waals surface area contributed by atoms with Crippen LogP contribution in [0, 0.1) is 0 Å². The summed E-state index contributed by atoms with van der Waals surface area (Å²) in [6, 6.07) is 20.4. The number of benzene rings is 2. The SMILES string of the molecule is C=CC(OC(C=C)C(C=C)c1ccccc1)C(C=C)c1ccccc1. The summed E-state index contributed by atoms with van der Waals surface area (Å²) in [6.07, 6.45) is 7.09. The van der Waals surface area contributed by atoms with E-state index in [1.165, 1.54) is 0 Å². The van der Waals surface area contributed by atoms with Crippen molar-refractivity contribution in [2.24, 2.45) is 0 Å². The van der Waals surface area contributed by atoms with E-state index in [-0.39, 0.29) is 24.0 Å². The molecule has 0 radical (unpaired) electrons. The Morgan fingerprint density at radius 3 is 1.20 bits per heavy atom. The van der Waals surface area contributed by atoms with Crippen LogP contribution in [0.3, 0.4) is 0 Å². The highest BCUT2D eigenvalue weighted by Crippen LogP contribution is 2.30. The molecular weight excluding hydrogens is 304 g/mol. The minimum Gasteiger partial charge on any atom is -0.365 e. The predicted molar refractivity (Wildman–Crippen MR) is 108 cm³/mol. The summed E-state index contributed by atoms with van der Waals surface area (Å²) in [7, 11) is 0. The maximum atomic E-state index is 6.39. The monoisotopic (exact) mass is 330 g/mol. The van der Waals surface area contributed by atoms with Crippen LogP contribution in [0.15, 0.2) is 111 Å². The largest absolute Gasteiger partial charge is 0.365 e. The van der Waals surface area contributed by atoms with Gasteiger partial charge in [0.15, 0.2) is 0 Å². The smallest absolute Gasteiger partial charge is 0.0864 e. The molecule has 1 heteroatoms. The molecule has 4 unspecified atom stereocenters. The highest BCUT2D eigenvalue weighted by Gasteiger charge is 2.25. The predicted octanol–water partition coefficient (Wildman–Crippen LogP) is 6.05. The van der Waals surface area contributed by atoms with Crippen molar-refractivity contribution in [3.8, 4) is 0 Å². The van der Waals surface area contributed by atoms with E-state index in [1.54, 1.807) is 0 Å². The maximum Gasteiger partial charge on any atom is 0.0864 e. The Hall–Kier alpha value is -2.64. The fourth-order valence-electron chi connectivity index (χ4n) is 3.03. The van der Waals surface area contributed by atoms with Gasteiger partial charge in [-0.15, -0.1) is 26.3 Å². The maximum absolute atomic E-state index is 6.39. The molecule has 4 atom stereocenters. The Morgan fingerprint density at radius 1 is 0.560 bits per heavy atom. The van der Waals surface area contributed by atoms with Gasteiger partial charge >= 0.3 is 0 Å². The zero-order valence-electron chi connectivity index (χ0n) is 14.6. The van der Waals surface area contributed by atoms with Gasteiger partial charge in [0, 0.05) is 11.8 Å². The molecule has 0 aliphatic rings. The van der Waals surface area contributed by atoms with Gasteiger partial charge in [-0.2, -0.15) is 0 Å². The molecule has 0 bridgehead atoms. The zero-order valence-corrected chi connectivity index (χ0v) is 14.6. The van der Waals surface area contributed by atoms with Crippen molar-refractivity contribution >= 4 is 0 Å². The summed E-state index contributed by atoms with van der Waals surface area (Å²) in [5.41, 5.74) is 2.31. The molecule has 0 aliphatic heterocycles. The number of rotatable bonds is 10. The van der Waals surface area contributed by atoms with Crippen LogP contribution in [0.5, 0.6) is 0 Å². The van der Waals surface area contributed by atoms with Gasteiger partial charge < -0.3 is 4.74 Å². The van der Waals surface area contributed by atoms with Crippen LogP contribution in [-0.2, 0) is 4.74 Å². The second kappa shape index (κ2) is 9.61. The first-order valence-electron chi connectivity index (χ1n) is 8.50. The molecule has 0 fully saturated rings. The fraction of sp³-hybridized carbons (Fsp3) is 0.167. The normalized spacial score (nSPS) is 15.4. The van der Waals surface area contributed by atoms with Gasteiger partial charge in [-0.25, -0.2) is 0 Å². The number of hydrogen-bond donors (Lipinski definition) is 0. The lowest BCUT2D eigenvalue weighted by Crippen LogP contribution is -2.28. The molecule has 128 valence electrons. The summed E-state index contributed by atoms with van der Waals surface area (Å²) in [5, 5.41) is 0. The Kier molecular flexibility index (Phi) is 7.18. The highest BCUT2D eigenvalue weighted by atomic mass is 16.5. The molecule has 2 aromatic carbocycles. The molecule has 0 saturated carbocycles. The number of hydrogen-bond acceptors (Lipinski definition) is 1. The van der Waals surface area contributed by atoms with Crippen molar-refractivity contribution in [1.29, 1.82) is 0 Å². The van der Waals surface area contributed by atoms with Crippen molar-refractivity contribution in [2.45, 2.75) is 24.0 Å². The molecule has 0 heterocycles. The first-order valence-corrected chi connectivity index (χ1v) is 8.50. The molecule has 1 nitrogen and oxygen atoms in total. The minimum absolute atomic E-state index is 0.0300. The Labute approximate surface area is 151 Å². The van der Waals surface area contributed by atoms with Crippen LogP contribution in [0.1, 0.15) is 23.0 Å². The Morgan fingerprint density at radius 2 is 0.920 bits per heavy atom. The van der Waals surface area contributed by atoms with E-state index >= 15 is 0 Å². The van der Waals surface area contributed by atoms with E-state index in [0.717, 1.165) is 11.1 Å². The van der Waals surface area contributed by atoms with E-state index in [0.29, 0.717) is 0 Å². The van der Waals surface area contributed by atoms with E-state index in [1.807, 2.05) is 60.7 Å². The van der Waals surface area contributed by atoms with Gasteiger partial charge in [-0.05, 0) is 11.1 Å². The molecule has 25 heavy (non-hydrogen) atoms. The summed E-state index contributed by atoms with van der Waals surface area (Å²) in [6.45, 7) is 15.9. The molecule has 0 N–H and O–H groups in total. The van der Waals surface area contributed by atoms with Crippen molar-refractivity contribution < 1.29 is 4.74 Å². The van der Waals surface area contributed by atoms with Crippen LogP contribution < -0.4 is 0 Å². The van der Waals surface area contributed by atoms with Crippen LogP contribution >= 0.6 is 0 Å². The summed E-state index contributed by atoms with van der Waals surface area (Å²) < 4.78 is 6.39. The Bertz CT molecular complexity index is 625. The van der Waals surface area contributed by atoms with Crippen molar-refractivity contribution in [3.05, 3.63) is 122 Å². The third-order valence-corrected chi connectivity index (χ3v) is 4.36. The van der Waals surface area contributed by atoms with E-state index < -0.39 is 0 Å². The first kappa shape index (κ1) is 18.7. The van der Waals surface area contributed by atoms with E-state index in [9.17, 15) is 0 Å². The van der Waals surface area contributed by atoms with Crippen LogP contribution in [0.25, 0.3) is 0 Å². The summed E-state index contributed by atoms with van der Waals surface area (Å²) >= 11 is 0. The summed E-state index contributed by atoms with van der Waals surface area (Å²) in [4.78, 5) is 0. The third-order valence-electron chi connectivity index (χ3n) is 4.36. The average molecular weight is 330 g/mol. The van der Waals surface area contributed by atoms with Gasteiger partial charge in [-0.3, -0.25) is 0 Å². The van der Waals surface area contributed by atoms with Gasteiger partial charge in [0.2, 0.25) is 0 Å².